The lowest BCUT2D eigenvalue weighted by Gasteiger charge is -2.21. The molecule has 8 nitrogen and oxygen atoms in total. The van der Waals surface area contributed by atoms with Gasteiger partial charge >= 0.3 is 0 Å². The number of nitrogens with zero attached hydrogens (tertiary/aromatic N) is 3. The Morgan fingerprint density at radius 1 is 1.08 bits per heavy atom. The second-order valence-electron chi connectivity index (χ2n) is 9.05. The van der Waals surface area contributed by atoms with Crippen molar-refractivity contribution in [3.8, 4) is 17.4 Å². The highest BCUT2D eigenvalue weighted by atomic mass is 32.2. The molecule has 0 atom stereocenters. The molecule has 202 valence electrons. The first-order valence-corrected chi connectivity index (χ1v) is 13.7. The van der Waals surface area contributed by atoms with Crippen molar-refractivity contribution < 1.29 is 31.8 Å². The monoisotopic (exact) mass is 553 g/mol. The van der Waals surface area contributed by atoms with Crippen LogP contribution in [-0.2, 0) is 23.2 Å². The predicted octanol–water partition coefficient (Wildman–Crippen LogP) is 5.21. The van der Waals surface area contributed by atoms with Gasteiger partial charge in [0.15, 0.2) is 5.75 Å². The highest BCUT2D eigenvalue weighted by Crippen LogP contribution is 2.47. The summed E-state index contributed by atoms with van der Waals surface area (Å²) >= 11 is 0. The Hall–Kier alpha value is -4.38. The van der Waals surface area contributed by atoms with Crippen molar-refractivity contribution in [1.82, 2.24) is 9.55 Å². The van der Waals surface area contributed by atoms with Gasteiger partial charge in [-0.05, 0) is 35.9 Å². The minimum absolute atomic E-state index is 0.114. The molecule has 39 heavy (non-hydrogen) atoms. The van der Waals surface area contributed by atoms with Crippen LogP contribution in [0.1, 0.15) is 11.1 Å². The van der Waals surface area contributed by atoms with Crippen LogP contribution in [0.4, 0.5) is 14.5 Å². The van der Waals surface area contributed by atoms with E-state index in [9.17, 15) is 22.3 Å². The van der Waals surface area contributed by atoms with Gasteiger partial charge in [0.1, 0.15) is 29.5 Å². The normalized spacial score (nSPS) is 11.7. The zero-order valence-corrected chi connectivity index (χ0v) is 22.2. The number of ether oxygens (including phenoxy) is 2. The number of sulfonamides is 1. The van der Waals surface area contributed by atoms with Crippen LogP contribution in [0.25, 0.3) is 21.7 Å². The van der Waals surface area contributed by atoms with Gasteiger partial charge < -0.3 is 19.1 Å². The molecule has 0 radical (unpaired) electrons. The van der Waals surface area contributed by atoms with Crippen LogP contribution in [0.15, 0.2) is 67.0 Å². The second kappa shape index (κ2) is 10.1. The van der Waals surface area contributed by atoms with Crippen LogP contribution < -0.4 is 13.8 Å². The lowest BCUT2D eigenvalue weighted by Crippen LogP contribution is -2.25. The molecular formula is C28H25F2N3O5S. The average Bonchev–Trinajstić information content (AvgIpc) is 3.23. The Bertz CT molecular complexity index is 1800. The number of pyridine rings is 1. The summed E-state index contributed by atoms with van der Waals surface area (Å²) in [4.78, 5) is 4.47. The average molecular weight is 554 g/mol. The Kier molecular flexibility index (Phi) is 6.77. The molecule has 5 rings (SSSR count). The van der Waals surface area contributed by atoms with E-state index in [0.29, 0.717) is 22.0 Å². The summed E-state index contributed by atoms with van der Waals surface area (Å²) in [7, 11) is -0.752. The van der Waals surface area contributed by atoms with Gasteiger partial charge in [0.25, 0.3) is 0 Å². The molecule has 0 aliphatic heterocycles. The summed E-state index contributed by atoms with van der Waals surface area (Å²) in [5, 5.41) is 12.4. The van der Waals surface area contributed by atoms with Crippen molar-refractivity contribution in [2.45, 2.75) is 13.2 Å². The SMILES string of the molecule is COc1ccc(COc2c3ncccc3c(N(C)S(C)(=O)=O)c3cn(Cc4ccc(F)cc4F)c(O)c23)cc1. The van der Waals surface area contributed by atoms with Crippen LogP contribution in [0.3, 0.4) is 0 Å². The molecule has 0 aliphatic carbocycles. The number of anilines is 1. The number of fused-ring (bicyclic) bond motifs is 2. The smallest absolute Gasteiger partial charge is 0.232 e. The van der Waals surface area contributed by atoms with E-state index in [2.05, 4.69) is 4.98 Å². The molecule has 0 saturated carbocycles. The zero-order chi connectivity index (χ0) is 27.9. The second-order valence-corrected chi connectivity index (χ2v) is 11.1. The highest BCUT2D eigenvalue weighted by Gasteiger charge is 2.27. The van der Waals surface area contributed by atoms with Crippen molar-refractivity contribution in [1.29, 1.82) is 0 Å². The number of benzene rings is 3. The highest BCUT2D eigenvalue weighted by molar-refractivity contribution is 7.92. The van der Waals surface area contributed by atoms with E-state index >= 15 is 0 Å². The summed E-state index contributed by atoms with van der Waals surface area (Å²) in [5.74, 6) is -0.860. The maximum Gasteiger partial charge on any atom is 0.232 e. The minimum atomic E-state index is -3.73. The molecule has 2 aromatic heterocycles. The van der Waals surface area contributed by atoms with Gasteiger partial charge in [0, 0.05) is 41.8 Å². The third-order valence-corrected chi connectivity index (χ3v) is 7.70. The maximum absolute atomic E-state index is 14.5. The van der Waals surface area contributed by atoms with Gasteiger partial charge in [-0.1, -0.05) is 18.2 Å². The van der Waals surface area contributed by atoms with E-state index in [0.717, 1.165) is 28.3 Å². The van der Waals surface area contributed by atoms with Gasteiger partial charge in [-0.25, -0.2) is 17.2 Å². The molecule has 0 amide bonds. The molecule has 0 fully saturated rings. The quantitative estimate of drug-likeness (QED) is 0.284. The van der Waals surface area contributed by atoms with Gasteiger partial charge in [-0.2, -0.15) is 0 Å². The van der Waals surface area contributed by atoms with Crippen molar-refractivity contribution in [2.24, 2.45) is 0 Å². The molecule has 0 aliphatic rings. The Labute approximate surface area is 223 Å². The van der Waals surface area contributed by atoms with E-state index < -0.39 is 21.7 Å². The molecule has 5 aromatic rings. The van der Waals surface area contributed by atoms with Crippen LogP contribution in [0.5, 0.6) is 17.4 Å². The number of methoxy groups -OCH3 is 1. The molecule has 3 aromatic carbocycles. The first kappa shape index (κ1) is 26.2. The standard InChI is InChI=1S/C28H25F2N3O5S/c1-32(39(3,35)36)26-21-5-4-12-31-25(21)27(38-16-17-6-10-20(37-2)11-7-17)24-22(26)15-33(28(24)34)14-18-8-9-19(29)13-23(18)30/h4-13,15,34H,14,16H2,1-3H3. The van der Waals surface area contributed by atoms with E-state index in [1.54, 1.807) is 37.6 Å². The summed E-state index contributed by atoms with van der Waals surface area (Å²) in [6, 6.07) is 13.8. The van der Waals surface area contributed by atoms with Crippen molar-refractivity contribution in [3.05, 3.63) is 89.8 Å². The third-order valence-electron chi connectivity index (χ3n) is 6.52. The van der Waals surface area contributed by atoms with Crippen LogP contribution in [0, 0.1) is 11.6 Å². The van der Waals surface area contributed by atoms with E-state index in [1.165, 1.54) is 23.9 Å². The van der Waals surface area contributed by atoms with Gasteiger partial charge in [-0.3, -0.25) is 9.29 Å². The van der Waals surface area contributed by atoms with Gasteiger partial charge in [0.2, 0.25) is 15.9 Å². The summed E-state index contributed by atoms with van der Waals surface area (Å²) in [6.45, 7) is -0.0282. The molecule has 2 heterocycles. The van der Waals surface area contributed by atoms with Crippen LogP contribution in [-0.4, -0.2) is 43.5 Å². The number of aromatic nitrogens is 2. The van der Waals surface area contributed by atoms with Gasteiger partial charge in [0.05, 0.1) is 31.0 Å². The first-order valence-electron chi connectivity index (χ1n) is 11.8. The molecule has 0 spiro atoms. The zero-order valence-electron chi connectivity index (χ0n) is 21.4. The molecule has 0 unspecified atom stereocenters. The summed E-state index contributed by atoms with van der Waals surface area (Å²) in [6.07, 6.45) is 4.14. The number of halogens is 2. The molecule has 11 heteroatoms. The van der Waals surface area contributed by atoms with E-state index in [-0.39, 0.29) is 41.4 Å². The van der Waals surface area contributed by atoms with Gasteiger partial charge in [-0.15, -0.1) is 0 Å². The fourth-order valence-corrected chi connectivity index (χ4v) is 4.99. The number of aromatic hydroxyl groups is 1. The maximum atomic E-state index is 14.5. The lowest BCUT2D eigenvalue weighted by atomic mass is 10.1. The van der Waals surface area contributed by atoms with E-state index in [4.69, 9.17) is 9.47 Å². The summed E-state index contributed by atoms with van der Waals surface area (Å²) in [5.41, 5.74) is 1.57. The largest absolute Gasteiger partial charge is 0.497 e. The fourth-order valence-electron chi connectivity index (χ4n) is 4.47. The minimum Gasteiger partial charge on any atom is -0.497 e. The van der Waals surface area contributed by atoms with Crippen molar-refractivity contribution in [3.63, 3.8) is 0 Å². The number of hydrogen-bond acceptors (Lipinski definition) is 6. The number of hydrogen-bond donors (Lipinski definition) is 1. The Balaban J connectivity index is 1.73. The fraction of sp³-hybridized carbons (Fsp3) is 0.179. The summed E-state index contributed by atoms with van der Waals surface area (Å²) < 4.78 is 67.1. The van der Waals surface area contributed by atoms with Crippen molar-refractivity contribution >= 4 is 37.4 Å². The van der Waals surface area contributed by atoms with Crippen molar-refractivity contribution in [2.75, 3.05) is 24.7 Å². The predicted molar refractivity (Wildman–Crippen MR) is 145 cm³/mol. The van der Waals surface area contributed by atoms with E-state index in [1.807, 2.05) is 12.1 Å². The Morgan fingerprint density at radius 2 is 1.82 bits per heavy atom. The molecule has 1 N–H and O–H groups in total. The third kappa shape index (κ3) is 4.92. The topological polar surface area (TPSA) is 93.9 Å². The first-order chi connectivity index (χ1) is 18.6. The molecule has 0 saturated heterocycles. The van der Waals surface area contributed by atoms with Crippen LogP contribution in [0.2, 0.25) is 0 Å². The Morgan fingerprint density at radius 3 is 2.49 bits per heavy atom. The molecular weight excluding hydrogens is 528 g/mol. The van der Waals surface area contributed by atoms with Crippen LogP contribution >= 0.6 is 0 Å². The lowest BCUT2D eigenvalue weighted by molar-refractivity contribution is 0.311. The number of rotatable bonds is 8. The molecule has 0 bridgehead atoms.